The van der Waals surface area contributed by atoms with Crippen molar-refractivity contribution < 1.29 is 37.1 Å². The summed E-state index contributed by atoms with van der Waals surface area (Å²) in [6.07, 6.45) is -4.70. The van der Waals surface area contributed by atoms with Crippen LogP contribution in [0.3, 0.4) is 0 Å². The van der Waals surface area contributed by atoms with E-state index in [4.69, 9.17) is 4.74 Å². The van der Waals surface area contributed by atoms with E-state index in [0.29, 0.717) is 0 Å². The predicted octanol–water partition coefficient (Wildman–Crippen LogP) is 5.90. The van der Waals surface area contributed by atoms with Gasteiger partial charge in [-0.3, -0.25) is 14.4 Å². The van der Waals surface area contributed by atoms with Crippen LogP contribution in [-0.2, 0) is 25.3 Å². The molecular weight excluding hydrogens is 573 g/mol. The van der Waals surface area contributed by atoms with Crippen molar-refractivity contribution in [3.63, 3.8) is 0 Å². The topological polar surface area (TPSA) is 92.8 Å². The second-order valence-electron chi connectivity index (χ2n) is 11.0. The molecule has 220 valence electrons. The number of carbonyl (C=O) groups excluding carboxylic acids is 4. The number of nitrogens with one attached hydrogen (secondary N) is 1. The molecule has 10 heteroatoms. The molecule has 4 aromatic rings. The van der Waals surface area contributed by atoms with E-state index in [9.17, 15) is 32.3 Å². The highest BCUT2D eigenvalue weighted by atomic mass is 19.4. The summed E-state index contributed by atoms with van der Waals surface area (Å²) in [7, 11) is 0. The van der Waals surface area contributed by atoms with Gasteiger partial charge >= 0.3 is 12.1 Å². The van der Waals surface area contributed by atoms with Gasteiger partial charge in [0.2, 0.25) is 11.8 Å². The van der Waals surface area contributed by atoms with Crippen LogP contribution < -0.4 is 10.2 Å². The number of amides is 3. The maximum absolute atomic E-state index is 14.1. The van der Waals surface area contributed by atoms with Crippen molar-refractivity contribution in [3.8, 4) is 0 Å². The molecule has 7 nitrogen and oxygen atoms in total. The van der Waals surface area contributed by atoms with Crippen molar-refractivity contribution >= 4 is 35.1 Å². The molecule has 3 aliphatic carbocycles. The molecule has 2 atom stereocenters. The highest BCUT2D eigenvalue weighted by molar-refractivity contribution is 6.25. The number of ether oxygens (including phenoxy) is 1. The number of imide groups is 1. The first-order chi connectivity index (χ1) is 21.2. The number of nitrogens with zero attached hydrogens (tertiary/aromatic N) is 1. The van der Waals surface area contributed by atoms with Crippen LogP contribution in [0.15, 0.2) is 97.1 Å². The third-order valence-electron chi connectivity index (χ3n) is 8.65. The fraction of sp³-hybridized carbons (Fsp3) is 0.176. The molecule has 8 rings (SSSR count). The van der Waals surface area contributed by atoms with Gasteiger partial charge < -0.3 is 10.1 Å². The quantitative estimate of drug-likeness (QED) is 0.229. The van der Waals surface area contributed by atoms with Gasteiger partial charge in [0.1, 0.15) is 0 Å². The van der Waals surface area contributed by atoms with Crippen LogP contribution in [0, 0.1) is 11.8 Å². The number of carbonyl (C=O) groups is 4. The number of esters is 1. The van der Waals surface area contributed by atoms with Crippen LogP contribution in [0.2, 0.25) is 0 Å². The van der Waals surface area contributed by atoms with E-state index in [1.54, 1.807) is 6.07 Å². The molecular formula is C34H23F3N2O5. The minimum atomic E-state index is -4.70. The Morgan fingerprint density at radius 3 is 1.73 bits per heavy atom. The number of rotatable bonds is 5. The number of para-hydroxylation sites is 2. The molecule has 3 amide bonds. The second kappa shape index (κ2) is 10.2. The molecule has 0 unspecified atom stereocenters. The molecule has 0 saturated carbocycles. The van der Waals surface area contributed by atoms with Crippen LogP contribution in [0.1, 0.15) is 50.0 Å². The first-order valence-electron chi connectivity index (χ1n) is 13.9. The Labute approximate surface area is 249 Å². The lowest BCUT2D eigenvalue weighted by molar-refractivity contribution is -0.137. The molecule has 1 N–H and O–H groups in total. The van der Waals surface area contributed by atoms with Gasteiger partial charge in [-0.05, 0) is 46.5 Å². The zero-order valence-electron chi connectivity index (χ0n) is 22.9. The van der Waals surface area contributed by atoms with Gasteiger partial charge in [-0.25, -0.2) is 9.69 Å². The molecule has 1 fully saturated rings. The van der Waals surface area contributed by atoms with E-state index in [-0.39, 0.29) is 23.1 Å². The lowest BCUT2D eigenvalue weighted by atomic mass is 9.55. The minimum absolute atomic E-state index is 0.0252. The molecule has 4 aliphatic rings. The zero-order valence-corrected chi connectivity index (χ0v) is 22.9. The normalized spacial score (nSPS) is 21.4. The van der Waals surface area contributed by atoms with Crippen LogP contribution in [0.5, 0.6) is 0 Å². The summed E-state index contributed by atoms with van der Waals surface area (Å²) in [5.74, 6) is -4.85. The van der Waals surface area contributed by atoms with E-state index >= 15 is 0 Å². The second-order valence-corrected chi connectivity index (χ2v) is 11.0. The first-order valence-corrected chi connectivity index (χ1v) is 13.9. The summed E-state index contributed by atoms with van der Waals surface area (Å²) in [5, 5.41) is 2.12. The Balaban J connectivity index is 1.16. The van der Waals surface area contributed by atoms with Gasteiger partial charge in [-0.1, -0.05) is 72.8 Å². The van der Waals surface area contributed by atoms with Crippen LogP contribution in [0.4, 0.5) is 24.5 Å². The highest BCUT2D eigenvalue weighted by Gasteiger charge is 2.62. The van der Waals surface area contributed by atoms with Crippen LogP contribution in [-0.4, -0.2) is 30.3 Å². The third kappa shape index (κ3) is 4.20. The van der Waals surface area contributed by atoms with E-state index in [0.717, 1.165) is 39.3 Å². The maximum atomic E-state index is 14.1. The number of hydrogen-bond acceptors (Lipinski definition) is 5. The Morgan fingerprint density at radius 1 is 0.705 bits per heavy atom. The number of hydrogen-bond donors (Lipinski definition) is 1. The monoisotopic (exact) mass is 596 g/mol. The van der Waals surface area contributed by atoms with Crippen molar-refractivity contribution in [2.24, 2.45) is 11.8 Å². The lowest BCUT2D eigenvalue weighted by Crippen LogP contribution is -2.41. The summed E-state index contributed by atoms with van der Waals surface area (Å²) in [5.41, 5.74) is 2.40. The summed E-state index contributed by atoms with van der Waals surface area (Å²) in [4.78, 5) is 54.9. The summed E-state index contributed by atoms with van der Waals surface area (Å²) < 4.78 is 45.1. The number of benzene rings is 4. The Morgan fingerprint density at radius 2 is 1.18 bits per heavy atom. The number of alkyl halides is 3. The minimum Gasteiger partial charge on any atom is -0.452 e. The fourth-order valence-corrected chi connectivity index (χ4v) is 6.99. The summed E-state index contributed by atoms with van der Waals surface area (Å²) in [6.45, 7) is -0.888. The molecule has 0 spiro atoms. The smallest absolute Gasteiger partial charge is 0.418 e. The highest BCUT2D eigenvalue weighted by Crippen LogP contribution is 2.61. The third-order valence-corrected chi connectivity index (χ3v) is 8.65. The van der Waals surface area contributed by atoms with Gasteiger partial charge in [0, 0.05) is 11.8 Å². The van der Waals surface area contributed by atoms with E-state index < -0.39 is 59.6 Å². The van der Waals surface area contributed by atoms with Gasteiger partial charge in [-0.2, -0.15) is 13.2 Å². The number of halogens is 3. The first kappa shape index (κ1) is 27.6. The van der Waals surface area contributed by atoms with Crippen molar-refractivity contribution in [3.05, 3.63) is 130 Å². The SMILES string of the molecule is O=C(COC(=O)c1ccccc1N1C(=O)[C@H]2C3c4ccccc4C(c4ccccc43)[C@@H]2C1=O)Nc1ccccc1C(F)(F)F. The van der Waals surface area contributed by atoms with E-state index in [1.165, 1.54) is 30.3 Å². The Hall–Kier alpha value is -5.25. The van der Waals surface area contributed by atoms with Gasteiger partial charge in [0.25, 0.3) is 5.91 Å². The Bertz CT molecular complexity index is 1750. The van der Waals surface area contributed by atoms with Crippen molar-refractivity contribution in [2.45, 2.75) is 18.0 Å². The summed E-state index contributed by atoms with van der Waals surface area (Å²) >= 11 is 0. The molecule has 0 aromatic heterocycles. The van der Waals surface area contributed by atoms with Gasteiger partial charge in [-0.15, -0.1) is 0 Å². The van der Waals surface area contributed by atoms with E-state index in [1.807, 2.05) is 48.5 Å². The molecule has 0 radical (unpaired) electrons. The molecule has 1 aliphatic heterocycles. The molecule has 1 heterocycles. The van der Waals surface area contributed by atoms with Gasteiger partial charge in [0.05, 0.1) is 34.3 Å². The van der Waals surface area contributed by atoms with Crippen LogP contribution in [0.25, 0.3) is 0 Å². The van der Waals surface area contributed by atoms with E-state index in [2.05, 4.69) is 5.32 Å². The average molecular weight is 597 g/mol. The zero-order chi connectivity index (χ0) is 30.7. The molecule has 2 bridgehead atoms. The Kier molecular flexibility index (Phi) is 6.38. The summed E-state index contributed by atoms with van der Waals surface area (Å²) in [6, 6.07) is 26.0. The van der Waals surface area contributed by atoms with Crippen LogP contribution >= 0.6 is 0 Å². The molecule has 44 heavy (non-hydrogen) atoms. The standard InChI is InChI=1S/C34H23F3N2O5/c35-34(36,37)23-14-6-7-15-24(23)38-26(40)17-44-33(43)22-13-5-8-16-25(22)39-31(41)29-27-18-9-1-2-10-19(18)28(30(29)32(39)42)21-12-4-3-11-20(21)27/h1-16,27-30H,17H2,(H,38,40)/t27?,28?,29-,30-/m0/s1. The van der Waals surface area contributed by atoms with Crippen molar-refractivity contribution in [1.82, 2.24) is 0 Å². The fourth-order valence-electron chi connectivity index (χ4n) is 6.99. The van der Waals surface area contributed by atoms with Gasteiger partial charge in [0.15, 0.2) is 6.61 Å². The average Bonchev–Trinajstić information content (AvgIpc) is 3.29. The van der Waals surface area contributed by atoms with Crippen molar-refractivity contribution in [2.75, 3.05) is 16.8 Å². The lowest BCUT2D eigenvalue weighted by Gasteiger charge is -2.45. The maximum Gasteiger partial charge on any atom is 0.418 e. The molecule has 4 aromatic carbocycles. The molecule has 1 saturated heterocycles. The van der Waals surface area contributed by atoms with Crippen molar-refractivity contribution in [1.29, 1.82) is 0 Å². The largest absolute Gasteiger partial charge is 0.452 e. The predicted molar refractivity (Wildman–Crippen MR) is 153 cm³/mol. The number of anilines is 2.